The van der Waals surface area contributed by atoms with Gasteiger partial charge in [-0.2, -0.15) is 9.57 Å². The number of nitriles is 1. The van der Waals surface area contributed by atoms with E-state index in [2.05, 4.69) is 6.07 Å². The number of hydrogen-bond donors (Lipinski definition) is 0. The summed E-state index contributed by atoms with van der Waals surface area (Å²) in [6.45, 7) is 3.90. The summed E-state index contributed by atoms with van der Waals surface area (Å²) < 4.78 is 42.0. The molecule has 3 atom stereocenters. The molecule has 1 aliphatic heterocycles. The van der Waals surface area contributed by atoms with E-state index in [0.29, 0.717) is 19.3 Å². The number of halogens is 1. The molecule has 1 aliphatic rings. The third-order valence-corrected chi connectivity index (χ3v) is 7.40. The van der Waals surface area contributed by atoms with Crippen LogP contribution in [0.2, 0.25) is 0 Å². The van der Waals surface area contributed by atoms with E-state index in [1.165, 1.54) is 16.4 Å². The monoisotopic (exact) mass is 400 g/mol. The Hall–Kier alpha value is -2.23. The quantitative estimate of drug-likeness (QED) is 0.688. The lowest BCUT2D eigenvalue weighted by Gasteiger charge is -2.32. The first-order chi connectivity index (χ1) is 13.4. The van der Waals surface area contributed by atoms with Gasteiger partial charge in [-0.05, 0) is 56.0 Å². The van der Waals surface area contributed by atoms with Crippen LogP contribution in [0.15, 0.2) is 53.4 Å². The van der Waals surface area contributed by atoms with E-state index in [1.807, 2.05) is 13.8 Å². The summed E-state index contributed by atoms with van der Waals surface area (Å²) in [5.41, 5.74) is 1.74. The van der Waals surface area contributed by atoms with Crippen molar-refractivity contribution in [2.24, 2.45) is 5.92 Å². The van der Waals surface area contributed by atoms with Gasteiger partial charge in [-0.1, -0.05) is 43.2 Å². The van der Waals surface area contributed by atoms with E-state index in [1.54, 1.807) is 36.4 Å². The molecule has 2 aromatic rings. The molecule has 0 aromatic heterocycles. The van der Waals surface area contributed by atoms with Gasteiger partial charge < -0.3 is 0 Å². The molecule has 148 valence electrons. The Balaban J connectivity index is 2.07. The second-order valence-electron chi connectivity index (χ2n) is 7.38. The third-order valence-electron chi connectivity index (χ3n) is 5.45. The van der Waals surface area contributed by atoms with E-state index in [0.717, 1.165) is 17.5 Å². The van der Waals surface area contributed by atoms with Crippen LogP contribution in [0.1, 0.15) is 49.8 Å². The minimum atomic E-state index is -3.80. The highest BCUT2D eigenvalue weighted by atomic mass is 32.2. The molecule has 1 saturated heterocycles. The minimum absolute atomic E-state index is 0.227. The number of sulfonamides is 1. The third kappa shape index (κ3) is 3.96. The molecule has 0 N–H and O–H groups in total. The largest absolute Gasteiger partial charge is 0.243 e. The van der Waals surface area contributed by atoms with Crippen molar-refractivity contribution in [2.45, 2.75) is 56.5 Å². The van der Waals surface area contributed by atoms with Gasteiger partial charge in [0.25, 0.3) is 0 Å². The van der Waals surface area contributed by atoms with Gasteiger partial charge >= 0.3 is 0 Å². The molecular weight excluding hydrogens is 375 g/mol. The molecular formula is C22H25FN2O2S. The van der Waals surface area contributed by atoms with Gasteiger partial charge in [0.1, 0.15) is 5.82 Å². The maximum Gasteiger partial charge on any atom is 0.243 e. The van der Waals surface area contributed by atoms with Crippen LogP contribution in [-0.4, -0.2) is 18.8 Å². The van der Waals surface area contributed by atoms with Crippen LogP contribution in [0.25, 0.3) is 0 Å². The molecule has 3 rings (SSSR count). The lowest BCUT2D eigenvalue weighted by molar-refractivity contribution is 0.273. The molecule has 3 unspecified atom stereocenters. The van der Waals surface area contributed by atoms with Gasteiger partial charge in [0, 0.05) is 6.04 Å². The van der Waals surface area contributed by atoms with Crippen LogP contribution >= 0.6 is 0 Å². The van der Waals surface area contributed by atoms with Gasteiger partial charge in [-0.3, -0.25) is 0 Å². The zero-order valence-corrected chi connectivity index (χ0v) is 17.0. The Labute approximate surface area is 166 Å². The van der Waals surface area contributed by atoms with Crippen molar-refractivity contribution in [3.05, 3.63) is 65.5 Å². The van der Waals surface area contributed by atoms with E-state index < -0.39 is 16.1 Å². The summed E-state index contributed by atoms with van der Waals surface area (Å²) in [5.74, 6) is -0.720. The van der Waals surface area contributed by atoms with E-state index >= 15 is 0 Å². The molecule has 28 heavy (non-hydrogen) atoms. The highest BCUT2D eigenvalue weighted by Gasteiger charge is 2.45. The van der Waals surface area contributed by atoms with Crippen molar-refractivity contribution in [2.75, 3.05) is 0 Å². The molecule has 0 spiro atoms. The van der Waals surface area contributed by atoms with E-state index in [9.17, 15) is 18.1 Å². The summed E-state index contributed by atoms with van der Waals surface area (Å²) in [6, 6.07) is 14.3. The summed E-state index contributed by atoms with van der Waals surface area (Å²) >= 11 is 0. The first-order valence-electron chi connectivity index (χ1n) is 9.63. The Morgan fingerprint density at radius 3 is 2.36 bits per heavy atom. The Kier molecular flexibility index (Phi) is 6.17. The van der Waals surface area contributed by atoms with E-state index in [-0.39, 0.29) is 22.7 Å². The fraction of sp³-hybridized carbons (Fsp3) is 0.409. The highest BCUT2D eigenvalue weighted by molar-refractivity contribution is 7.89. The van der Waals surface area contributed by atoms with Crippen molar-refractivity contribution in [3.8, 4) is 6.07 Å². The Morgan fingerprint density at radius 1 is 1.14 bits per heavy atom. The topological polar surface area (TPSA) is 61.2 Å². The predicted octanol–water partition coefficient (Wildman–Crippen LogP) is 4.97. The number of aryl methyl sites for hydroxylation is 1. The molecule has 0 amide bonds. The number of benzene rings is 2. The number of rotatable bonds is 6. The van der Waals surface area contributed by atoms with Gasteiger partial charge in [-0.25, -0.2) is 12.8 Å². The molecule has 0 bridgehead atoms. The van der Waals surface area contributed by atoms with Crippen molar-refractivity contribution < 1.29 is 12.8 Å². The van der Waals surface area contributed by atoms with Crippen LogP contribution in [0, 0.1) is 30.0 Å². The molecule has 4 nitrogen and oxygen atoms in total. The average molecular weight is 401 g/mol. The molecule has 1 fully saturated rings. The summed E-state index contributed by atoms with van der Waals surface area (Å²) in [4.78, 5) is 0.227. The van der Waals surface area contributed by atoms with Crippen molar-refractivity contribution >= 4 is 10.0 Å². The summed E-state index contributed by atoms with van der Waals surface area (Å²) in [5, 5.41) is 9.68. The fourth-order valence-corrected chi connectivity index (χ4v) is 5.92. The normalized spacial score (nSPS) is 21.4. The predicted molar refractivity (Wildman–Crippen MR) is 106 cm³/mol. The smallest absolute Gasteiger partial charge is 0.207 e. The highest BCUT2D eigenvalue weighted by Crippen LogP contribution is 2.43. The Bertz CT molecular complexity index is 950. The first kappa shape index (κ1) is 20.5. The van der Waals surface area contributed by atoms with Gasteiger partial charge in [-0.15, -0.1) is 0 Å². The zero-order chi connectivity index (χ0) is 20.3. The molecule has 0 aliphatic carbocycles. The number of nitrogens with zero attached hydrogens (tertiary/aromatic N) is 2. The molecule has 0 saturated carbocycles. The van der Waals surface area contributed by atoms with Crippen LogP contribution in [0.5, 0.6) is 0 Å². The standard InChI is InChI=1S/C22H25FN2O2S/c1-3-4-18(15-24)22-14-13-21(17-7-9-19(23)10-8-17)25(22)28(26,27)20-11-5-16(2)6-12-20/h5-12,18,21-22H,3-4,13-14H2,1-2H3. The summed E-state index contributed by atoms with van der Waals surface area (Å²) in [6.07, 6.45) is 2.69. The second kappa shape index (κ2) is 8.42. The fourth-order valence-electron chi connectivity index (χ4n) is 4.02. The molecule has 6 heteroatoms. The van der Waals surface area contributed by atoms with Crippen molar-refractivity contribution in [1.29, 1.82) is 5.26 Å². The average Bonchev–Trinajstić information content (AvgIpc) is 3.12. The van der Waals surface area contributed by atoms with Gasteiger partial charge in [0.15, 0.2) is 0 Å². The van der Waals surface area contributed by atoms with E-state index in [4.69, 9.17) is 0 Å². The van der Waals surface area contributed by atoms with Crippen LogP contribution < -0.4 is 0 Å². The van der Waals surface area contributed by atoms with Gasteiger partial charge in [0.2, 0.25) is 10.0 Å². The Morgan fingerprint density at radius 2 is 1.79 bits per heavy atom. The van der Waals surface area contributed by atoms with Gasteiger partial charge in [0.05, 0.1) is 22.9 Å². The van der Waals surface area contributed by atoms with Crippen LogP contribution in [-0.2, 0) is 10.0 Å². The molecule has 2 aromatic carbocycles. The van der Waals surface area contributed by atoms with Crippen molar-refractivity contribution in [1.82, 2.24) is 4.31 Å². The maximum atomic E-state index is 13.6. The molecule has 1 heterocycles. The van der Waals surface area contributed by atoms with Crippen LogP contribution in [0.3, 0.4) is 0 Å². The summed E-state index contributed by atoms with van der Waals surface area (Å²) in [7, 11) is -3.80. The lowest BCUT2D eigenvalue weighted by Crippen LogP contribution is -2.41. The second-order valence-corrected chi connectivity index (χ2v) is 9.23. The van der Waals surface area contributed by atoms with Crippen molar-refractivity contribution in [3.63, 3.8) is 0 Å². The van der Waals surface area contributed by atoms with Crippen LogP contribution in [0.4, 0.5) is 4.39 Å². The minimum Gasteiger partial charge on any atom is -0.207 e. The molecule has 0 radical (unpaired) electrons. The number of hydrogen-bond acceptors (Lipinski definition) is 3. The zero-order valence-electron chi connectivity index (χ0n) is 16.2. The first-order valence-corrected chi connectivity index (χ1v) is 11.1. The SMILES string of the molecule is CCCC(C#N)C1CCC(c2ccc(F)cc2)N1S(=O)(=O)c1ccc(C)cc1. The maximum absolute atomic E-state index is 13.6. The lowest BCUT2D eigenvalue weighted by atomic mass is 9.95.